The molecule has 1 aliphatic carbocycles. The molecule has 0 aromatic carbocycles. The average Bonchev–Trinajstić information content (AvgIpc) is 2.27. The maximum atomic E-state index is 12.2. The third kappa shape index (κ3) is 2.40. The zero-order valence-corrected chi connectivity index (χ0v) is 10.3. The van der Waals surface area contributed by atoms with E-state index in [-0.39, 0.29) is 11.3 Å². The summed E-state index contributed by atoms with van der Waals surface area (Å²) in [6.07, 6.45) is 7.09. The summed E-state index contributed by atoms with van der Waals surface area (Å²) in [6, 6.07) is 0. The number of carbonyl (C=O) groups excluding carboxylic acids is 1. The van der Waals surface area contributed by atoms with Gasteiger partial charge in [0.1, 0.15) is 0 Å². The van der Waals surface area contributed by atoms with Gasteiger partial charge in [-0.3, -0.25) is 4.79 Å². The fourth-order valence-electron chi connectivity index (χ4n) is 2.75. The SMILES string of the molecule is CCC1(C(=O)NCC2CCC2)CCCNC1. The van der Waals surface area contributed by atoms with Crippen LogP contribution in [0.15, 0.2) is 0 Å². The predicted molar refractivity (Wildman–Crippen MR) is 65.2 cm³/mol. The van der Waals surface area contributed by atoms with Gasteiger partial charge in [0, 0.05) is 13.1 Å². The molecule has 0 spiro atoms. The van der Waals surface area contributed by atoms with Gasteiger partial charge in [0.15, 0.2) is 0 Å². The predicted octanol–water partition coefficient (Wildman–Crippen LogP) is 1.68. The summed E-state index contributed by atoms with van der Waals surface area (Å²) in [5.41, 5.74) is -0.123. The van der Waals surface area contributed by atoms with Crippen LogP contribution >= 0.6 is 0 Å². The van der Waals surface area contributed by atoms with Gasteiger partial charge in [-0.25, -0.2) is 0 Å². The van der Waals surface area contributed by atoms with Crippen LogP contribution in [0.3, 0.4) is 0 Å². The summed E-state index contributed by atoms with van der Waals surface area (Å²) in [5.74, 6) is 1.04. The fourth-order valence-corrected chi connectivity index (χ4v) is 2.75. The molecule has 0 bridgehead atoms. The fraction of sp³-hybridized carbons (Fsp3) is 0.923. The molecule has 3 nitrogen and oxygen atoms in total. The summed E-state index contributed by atoms with van der Waals surface area (Å²) in [7, 11) is 0. The van der Waals surface area contributed by atoms with Crippen LogP contribution in [0.4, 0.5) is 0 Å². The molecule has 3 heteroatoms. The minimum absolute atomic E-state index is 0.123. The van der Waals surface area contributed by atoms with E-state index in [9.17, 15) is 4.79 Å². The van der Waals surface area contributed by atoms with Gasteiger partial charge in [0.25, 0.3) is 0 Å². The number of hydrogen-bond acceptors (Lipinski definition) is 2. The van der Waals surface area contributed by atoms with Gasteiger partial charge < -0.3 is 10.6 Å². The lowest BCUT2D eigenvalue weighted by atomic mass is 9.77. The smallest absolute Gasteiger partial charge is 0.227 e. The highest BCUT2D eigenvalue weighted by Crippen LogP contribution is 2.31. The van der Waals surface area contributed by atoms with Crippen LogP contribution in [0.25, 0.3) is 0 Å². The second kappa shape index (κ2) is 5.17. The molecule has 92 valence electrons. The molecule has 1 aliphatic heterocycles. The lowest BCUT2D eigenvalue weighted by molar-refractivity contribution is -0.132. The zero-order valence-electron chi connectivity index (χ0n) is 10.3. The minimum atomic E-state index is -0.123. The van der Waals surface area contributed by atoms with Crippen LogP contribution < -0.4 is 10.6 Å². The molecule has 0 aromatic heterocycles. The molecule has 1 unspecified atom stereocenters. The standard InChI is InChI=1S/C13H24N2O/c1-2-13(7-4-8-14-10-13)12(16)15-9-11-5-3-6-11/h11,14H,2-10H2,1H3,(H,15,16). The Kier molecular flexibility index (Phi) is 3.85. The molecule has 16 heavy (non-hydrogen) atoms. The van der Waals surface area contributed by atoms with Crippen molar-refractivity contribution >= 4 is 5.91 Å². The quantitative estimate of drug-likeness (QED) is 0.763. The minimum Gasteiger partial charge on any atom is -0.355 e. The summed E-state index contributed by atoms with van der Waals surface area (Å²) >= 11 is 0. The number of hydrogen-bond donors (Lipinski definition) is 2. The second-order valence-corrected chi connectivity index (χ2v) is 5.42. The number of carbonyl (C=O) groups is 1. The summed E-state index contributed by atoms with van der Waals surface area (Å²) < 4.78 is 0. The van der Waals surface area contributed by atoms with E-state index < -0.39 is 0 Å². The first-order chi connectivity index (χ1) is 7.77. The molecule has 1 saturated heterocycles. The molecular formula is C13H24N2O. The van der Waals surface area contributed by atoms with E-state index in [0.717, 1.165) is 44.8 Å². The van der Waals surface area contributed by atoms with Crippen LogP contribution in [0, 0.1) is 11.3 Å². The largest absolute Gasteiger partial charge is 0.355 e. The van der Waals surface area contributed by atoms with E-state index in [1.807, 2.05) is 0 Å². The van der Waals surface area contributed by atoms with Gasteiger partial charge >= 0.3 is 0 Å². The molecule has 2 N–H and O–H groups in total. The van der Waals surface area contributed by atoms with Gasteiger partial charge in [-0.2, -0.15) is 0 Å². The molecular weight excluding hydrogens is 200 g/mol. The van der Waals surface area contributed by atoms with Crippen LogP contribution in [-0.2, 0) is 4.79 Å². The van der Waals surface area contributed by atoms with Crippen LogP contribution in [0.5, 0.6) is 0 Å². The highest BCUT2D eigenvalue weighted by Gasteiger charge is 2.37. The van der Waals surface area contributed by atoms with Crippen molar-refractivity contribution in [1.29, 1.82) is 0 Å². The maximum Gasteiger partial charge on any atom is 0.227 e. The Morgan fingerprint density at radius 2 is 2.25 bits per heavy atom. The van der Waals surface area contributed by atoms with Crippen molar-refractivity contribution < 1.29 is 4.79 Å². The average molecular weight is 224 g/mol. The Hall–Kier alpha value is -0.570. The summed E-state index contributed by atoms with van der Waals surface area (Å²) in [4.78, 5) is 12.2. The molecule has 2 rings (SSSR count). The van der Waals surface area contributed by atoms with Crippen LogP contribution in [0.2, 0.25) is 0 Å². The monoisotopic (exact) mass is 224 g/mol. The maximum absolute atomic E-state index is 12.2. The van der Waals surface area contributed by atoms with Gasteiger partial charge in [-0.05, 0) is 44.6 Å². The first-order valence-electron chi connectivity index (χ1n) is 6.76. The number of nitrogens with one attached hydrogen (secondary N) is 2. The molecule has 1 atom stereocenters. The van der Waals surface area contributed by atoms with Gasteiger partial charge in [0.2, 0.25) is 5.91 Å². The van der Waals surface area contributed by atoms with Crippen molar-refractivity contribution in [3.8, 4) is 0 Å². The number of piperidine rings is 1. The third-order valence-corrected chi connectivity index (χ3v) is 4.41. The van der Waals surface area contributed by atoms with Gasteiger partial charge in [-0.15, -0.1) is 0 Å². The van der Waals surface area contributed by atoms with E-state index >= 15 is 0 Å². The first-order valence-corrected chi connectivity index (χ1v) is 6.76. The topological polar surface area (TPSA) is 41.1 Å². The Morgan fingerprint density at radius 3 is 2.75 bits per heavy atom. The van der Waals surface area contributed by atoms with Crippen molar-refractivity contribution in [2.24, 2.45) is 11.3 Å². The molecule has 1 amide bonds. The second-order valence-electron chi connectivity index (χ2n) is 5.42. The van der Waals surface area contributed by atoms with E-state index in [1.54, 1.807) is 0 Å². The van der Waals surface area contributed by atoms with E-state index in [4.69, 9.17) is 0 Å². The zero-order chi connectivity index (χ0) is 11.4. The molecule has 1 heterocycles. The Labute approximate surface area is 98.4 Å². The highest BCUT2D eigenvalue weighted by molar-refractivity contribution is 5.83. The van der Waals surface area contributed by atoms with Crippen molar-refractivity contribution in [2.45, 2.75) is 45.4 Å². The number of amides is 1. The highest BCUT2D eigenvalue weighted by atomic mass is 16.2. The van der Waals surface area contributed by atoms with Crippen molar-refractivity contribution in [3.05, 3.63) is 0 Å². The lowest BCUT2D eigenvalue weighted by Gasteiger charge is -2.36. The van der Waals surface area contributed by atoms with Gasteiger partial charge in [-0.1, -0.05) is 13.3 Å². The molecule has 0 aromatic rings. The van der Waals surface area contributed by atoms with Gasteiger partial charge in [0.05, 0.1) is 5.41 Å². The van der Waals surface area contributed by atoms with Crippen molar-refractivity contribution in [2.75, 3.05) is 19.6 Å². The summed E-state index contributed by atoms with van der Waals surface area (Å²) in [6.45, 7) is 4.97. The van der Waals surface area contributed by atoms with Crippen LogP contribution in [0.1, 0.15) is 45.4 Å². The van der Waals surface area contributed by atoms with E-state index in [0.29, 0.717) is 0 Å². The lowest BCUT2D eigenvalue weighted by Crippen LogP contribution is -2.51. The molecule has 0 radical (unpaired) electrons. The Balaban J connectivity index is 1.84. The third-order valence-electron chi connectivity index (χ3n) is 4.41. The van der Waals surface area contributed by atoms with Crippen LogP contribution in [-0.4, -0.2) is 25.5 Å². The van der Waals surface area contributed by atoms with Crippen molar-refractivity contribution in [1.82, 2.24) is 10.6 Å². The van der Waals surface area contributed by atoms with Crippen molar-refractivity contribution in [3.63, 3.8) is 0 Å². The molecule has 1 saturated carbocycles. The van der Waals surface area contributed by atoms with E-state index in [1.165, 1.54) is 19.3 Å². The van der Waals surface area contributed by atoms with E-state index in [2.05, 4.69) is 17.6 Å². The number of rotatable bonds is 4. The molecule has 2 aliphatic rings. The normalized spacial score (nSPS) is 30.8. The Bertz CT molecular complexity index is 242. The Morgan fingerprint density at radius 1 is 1.44 bits per heavy atom. The summed E-state index contributed by atoms with van der Waals surface area (Å²) in [5, 5.41) is 6.53. The first kappa shape index (κ1) is 11.9. The molecule has 2 fully saturated rings.